The smallest absolute Gasteiger partial charge is 0.244 e. The number of amides is 1. The highest BCUT2D eigenvalue weighted by Gasteiger charge is 2.24. The number of aryl methyl sites for hydroxylation is 3. The van der Waals surface area contributed by atoms with Gasteiger partial charge in [-0.05, 0) is 60.9 Å². The van der Waals surface area contributed by atoms with E-state index in [1.54, 1.807) is 16.8 Å². The van der Waals surface area contributed by atoms with Crippen LogP contribution in [-0.2, 0) is 24.2 Å². The van der Waals surface area contributed by atoms with E-state index in [2.05, 4.69) is 40.1 Å². The van der Waals surface area contributed by atoms with Gasteiger partial charge in [-0.15, -0.1) is 0 Å². The second-order valence-electron chi connectivity index (χ2n) is 9.06. The number of benzene rings is 2. The maximum Gasteiger partial charge on any atom is 0.244 e. The Morgan fingerprint density at radius 1 is 0.944 bits per heavy atom. The van der Waals surface area contributed by atoms with Crippen LogP contribution < -0.4 is 4.90 Å². The van der Waals surface area contributed by atoms with Crippen molar-refractivity contribution in [1.82, 2.24) is 24.6 Å². The molecule has 0 radical (unpaired) electrons. The third kappa shape index (κ3) is 5.59. The van der Waals surface area contributed by atoms with Crippen LogP contribution in [0.5, 0.6) is 0 Å². The molecule has 184 valence electrons. The van der Waals surface area contributed by atoms with Crippen molar-refractivity contribution < 1.29 is 9.18 Å². The molecule has 0 saturated carbocycles. The first-order chi connectivity index (χ1) is 17.5. The number of carbonyl (C=O) groups excluding carboxylic acids is 1. The molecular weight excluding hydrogens is 455 g/mol. The topological polar surface area (TPSA) is 67.2 Å². The Kier molecular flexibility index (Phi) is 7.02. The number of anilines is 1. The Balaban J connectivity index is 1.29. The average Bonchev–Trinajstić information content (AvgIpc) is 3.31. The van der Waals surface area contributed by atoms with E-state index in [9.17, 15) is 9.18 Å². The Morgan fingerprint density at radius 2 is 1.69 bits per heavy atom. The van der Waals surface area contributed by atoms with Crippen molar-refractivity contribution in [3.63, 3.8) is 0 Å². The molecular formula is C28H29FN6O. The summed E-state index contributed by atoms with van der Waals surface area (Å²) >= 11 is 0. The molecule has 0 unspecified atom stereocenters. The number of aromatic nitrogens is 4. The van der Waals surface area contributed by atoms with Crippen LogP contribution in [0.2, 0.25) is 0 Å². The molecule has 0 bridgehead atoms. The van der Waals surface area contributed by atoms with Gasteiger partial charge in [-0.1, -0.05) is 30.3 Å². The lowest BCUT2D eigenvalue weighted by Crippen LogP contribution is -2.50. The quantitative estimate of drug-likeness (QED) is 0.398. The second-order valence-corrected chi connectivity index (χ2v) is 9.06. The van der Waals surface area contributed by atoms with Gasteiger partial charge in [0, 0.05) is 44.4 Å². The Labute approximate surface area is 210 Å². The molecule has 0 atom stereocenters. The average molecular weight is 485 g/mol. The van der Waals surface area contributed by atoms with E-state index in [-0.39, 0.29) is 18.3 Å². The molecule has 2 aromatic carbocycles. The highest BCUT2D eigenvalue weighted by Crippen LogP contribution is 2.19. The molecule has 1 aliphatic heterocycles. The molecule has 8 heteroatoms. The van der Waals surface area contributed by atoms with Crippen molar-refractivity contribution >= 4 is 11.7 Å². The summed E-state index contributed by atoms with van der Waals surface area (Å²) in [5, 5.41) is 4.64. The molecule has 36 heavy (non-hydrogen) atoms. The summed E-state index contributed by atoms with van der Waals surface area (Å²) in [5.41, 5.74) is 3.09. The van der Waals surface area contributed by atoms with Crippen LogP contribution in [0.25, 0.3) is 11.4 Å². The minimum Gasteiger partial charge on any atom is -0.353 e. The molecule has 3 heterocycles. The molecule has 7 nitrogen and oxygen atoms in total. The summed E-state index contributed by atoms with van der Waals surface area (Å²) < 4.78 is 15.1. The van der Waals surface area contributed by atoms with Crippen LogP contribution in [0.3, 0.4) is 0 Å². The highest BCUT2D eigenvalue weighted by atomic mass is 19.1. The fourth-order valence-electron chi connectivity index (χ4n) is 4.41. The first-order valence-corrected chi connectivity index (χ1v) is 12.2. The van der Waals surface area contributed by atoms with E-state index in [1.165, 1.54) is 23.3 Å². The van der Waals surface area contributed by atoms with Gasteiger partial charge in [-0.25, -0.2) is 19.0 Å². The molecule has 5 rings (SSSR count). The first kappa shape index (κ1) is 23.7. The summed E-state index contributed by atoms with van der Waals surface area (Å²) in [6.07, 6.45) is 3.26. The monoisotopic (exact) mass is 484 g/mol. The third-order valence-corrected chi connectivity index (χ3v) is 6.47. The van der Waals surface area contributed by atoms with E-state index in [1.807, 2.05) is 35.4 Å². The van der Waals surface area contributed by atoms with Gasteiger partial charge in [0.05, 0.1) is 0 Å². The van der Waals surface area contributed by atoms with Crippen LogP contribution in [-0.4, -0.2) is 56.7 Å². The van der Waals surface area contributed by atoms with E-state index in [0.29, 0.717) is 25.3 Å². The Morgan fingerprint density at radius 3 is 2.42 bits per heavy atom. The Bertz CT molecular complexity index is 1310. The lowest BCUT2D eigenvalue weighted by atomic mass is 10.1. The minimum atomic E-state index is -0.308. The van der Waals surface area contributed by atoms with Crippen LogP contribution in [0, 0.1) is 12.7 Å². The van der Waals surface area contributed by atoms with Crippen molar-refractivity contribution in [2.24, 2.45) is 0 Å². The molecule has 0 aliphatic carbocycles. The number of piperazine rings is 1. The standard InChI is InChI=1S/C28H29FN6O/c1-21-13-14-30-26(19-21)33-15-17-34(18-16-33)27(36)20-35-25(12-7-22-5-3-2-4-6-22)31-28(32-35)23-8-10-24(29)11-9-23/h2-6,8-11,13-14,19H,7,12,15-18,20H2,1H3. The summed E-state index contributed by atoms with van der Waals surface area (Å²) in [6, 6.07) is 20.4. The van der Waals surface area contributed by atoms with Gasteiger partial charge in [-0.3, -0.25) is 4.79 Å². The molecule has 1 saturated heterocycles. The number of pyridine rings is 1. The van der Waals surface area contributed by atoms with Crippen molar-refractivity contribution in [3.8, 4) is 11.4 Å². The van der Waals surface area contributed by atoms with Crippen molar-refractivity contribution in [2.75, 3.05) is 31.1 Å². The predicted molar refractivity (Wildman–Crippen MR) is 137 cm³/mol. The van der Waals surface area contributed by atoms with Gasteiger partial charge in [0.2, 0.25) is 5.91 Å². The second kappa shape index (κ2) is 10.7. The predicted octanol–water partition coefficient (Wildman–Crippen LogP) is 3.92. The fourth-order valence-corrected chi connectivity index (χ4v) is 4.41. The van der Waals surface area contributed by atoms with E-state index in [4.69, 9.17) is 4.98 Å². The lowest BCUT2D eigenvalue weighted by Gasteiger charge is -2.35. The zero-order chi connectivity index (χ0) is 24.9. The van der Waals surface area contributed by atoms with Crippen LogP contribution in [0.4, 0.5) is 10.2 Å². The van der Waals surface area contributed by atoms with E-state index in [0.717, 1.165) is 36.7 Å². The molecule has 1 fully saturated rings. The summed E-state index contributed by atoms with van der Waals surface area (Å²) in [6.45, 7) is 4.92. The van der Waals surface area contributed by atoms with Gasteiger partial charge in [-0.2, -0.15) is 5.10 Å². The van der Waals surface area contributed by atoms with Crippen molar-refractivity contribution in [3.05, 3.63) is 95.7 Å². The lowest BCUT2D eigenvalue weighted by molar-refractivity contribution is -0.132. The number of hydrogen-bond donors (Lipinski definition) is 0. The number of carbonyl (C=O) groups is 1. The highest BCUT2D eigenvalue weighted by molar-refractivity contribution is 5.76. The van der Waals surface area contributed by atoms with Gasteiger partial charge >= 0.3 is 0 Å². The van der Waals surface area contributed by atoms with Gasteiger partial charge in [0.25, 0.3) is 0 Å². The number of rotatable bonds is 7. The minimum absolute atomic E-state index is 0.0170. The summed E-state index contributed by atoms with van der Waals surface area (Å²) in [5.74, 6) is 1.90. The summed E-state index contributed by atoms with van der Waals surface area (Å²) in [7, 11) is 0. The molecule has 0 N–H and O–H groups in total. The van der Waals surface area contributed by atoms with Gasteiger partial charge in [0.15, 0.2) is 5.82 Å². The molecule has 1 amide bonds. The molecule has 2 aromatic heterocycles. The van der Waals surface area contributed by atoms with Gasteiger partial charge in [0.1, 0.15) is 24.0 Å². The largest absolute Gasteiger partial charge is 0.353 e. The van der Waals surface area contributed by atoms with Crippen LogP contribution >= 0.6 is 0 Å². The number of halogens is 1. The zero-order valence-corrected chi connectivity index (χ0v) is 20.3. The Hall–Kier alpha value is -4.07. The van der Waals surface area contributed by atoms with Crippen molar-refractivity contribution in [1.29, 1.82) is 0 Å². The first-order valence-electron chi connectivity index (χ1n) is 12.2. The normalized spacial score (nSPS) is 13.7. The molecule has 0 spiro atoms. The van der Waals surface area contributed by atoms with E-state index >= 15 is 0 Å². The fraction of sp³-hybridized carbons (Fsp3) is 0.286. The SMILES string of the molecule is Cc1ccnc(N2CCN(C(=O)Cn3nc(-c4ccc(F)cc4)nc3CCc3ccccc3)CC2)c1. The third-order valence-electron chi connectivity index (χ3n) is 6.47. The zero-order valence-electron chi connectivity index (χ0n) is 20.3. The van der Waals surface area contributed by atoms with Gasteiger partial charge < -0.3 is 9.80 Å². The maximum absolute atomic E-state index is 13.4. The van der Waals surface area contributed by atoms with Crippen LogP contribution in [0.1, 0.15) is 17.0 Å². The van der Waals surface area contributed by atoms with Crippen LogP contribution in [0.15, 0.2) is 72.9 Å². The van der Waals surface area contributed by atoms with Crippen molar-refractivity contribution in [2.45, 2.75) is 26.3 Å². The molecule has 4 aromatic rings. The van der Waals surface area contributed by atoms with E-state index < -0.39 is 0 Å². The number of nitrogens with zero attached hydrogens (tertiary/aromatic N) is 6. The maximum atomic E-state index is 13.4. The molecule has 1 aliphatic rings. The number of hydrogen-bond acceptors (Lipinski definition) is 5. The summed E-state index contributed by atoms with van der Waals surface area (Å²) in [4.78, 5) is 26.5.